The van der Waals surface area contributed by atoms with E-state index in [4.69, 9.17) is 10.2 Å². The lowest BCUT2D eigenvalue weighted by atomic mass is 10.3. The summed E-state index contributed by atoms with van der Waals surface area (Å²) in [4.78, 5) is 21.4. The molecule has 1 amide bonds. The number of anilines is 1. The number of aromatic nitrogens is 2. The van der Waals surface area contributed by atoms with Gasteiger partial charge in [0.2, 0.25) is 0 Å². The van der Waals surface area contributed by atoms with Gasteiger partial charge in [-0.25, -0.2) is 9.97 Å². The third-order valence-electron chi connectivity index (χ3n) is 2.57. The number of amides is 1. The standard InChI is InChI=1S/C12H10N4O2S/c13-8-9-12(15-4-3-14-9)19-10(8)11(17)16-6-7-2-1-5-18-7/h1-5H,6,13H2,(H,16,17). The molecule has 0 saturated heterocycles. The first-order valence-corrected chi connectivity index (χ1v) is 6.37. The van der Waals surface area contributed by atoms with Crippen LogP contribution in [-0.4, -0.2) is 15.9 Å². The van der Waals surface area contributed by atoms with E-state index in [1.54, 1.807) is 30.8 Å². The average molecular weight is 274 g/mol. The van der Waals surface area contributed by atoms with Crippen LogP contribution >= 0.6 is 11.3 Å². The number of rotatable bonds is 3. The Morgan fingerprint density at radius 2 is 2.26 bits per heavy atom. The highest BCUT2D eigenvalue weighted by atomic mass is 32.1. The zero-order valence-corrected chi connectivity index (χ0v) is 10.6. The molecule has 0 saturated carbocycles. The maximum Gasteiger partial charge on any atom is 0.264 e. The molecule has 0 aliphatic carbocycles. The fourth-order valence-electron chi connectivity index (χ4n) is 1.67. The largest absolute Gasteiger partial charge is 0.467 e. The second kappa shape index (κ2) is 4.69. The van der Waals surface area contributed by atoms with E-state index in [2.05, 4.69) is 15.3 Å². The predicted molar refractivity (Wildman–Crippen MR) is 71.7 cm³/mol. The average Bonchev–Trinajstić information content (AvgIpc) is 3.05. The molecule has 0 radical (unpaired) electrons. The summed E-state index contributed by atoms with van der Waals surface area (Å²) in [5, 5.41) is 2.75. The van der Waals surface area contributed by atoms with Crippen molar-refractivity contribution in [1.82, 2.24) is 15.3 Å². The maximum absolute atomic E-state index is 12.1. The minimum absolute atomic E-state index is 0.251. The van der Waals surface area contributed by atoms with Crippen LogP contribution in [0.2, 0.25) is 0 Å². The summed E-state index contributed by atoms with van der Waals surface area (Å²) >= 11 is 1.23. The number of carbonyl (C=O) groups is 1. The first kappa shape index (κ1) is 11.7. The molecule has 96 valence electrons. The van der Waals surface area contributed by atoms with E-state index in [1.165, 1.54) is 11.3 Å². The molecule has 0 fully saturated rings. The van der Waals surface area contributed by atoms with E-state index >= 15 is 0 Å². The van der Waals surface area contributed by atoms with Gasteiger partial charge in [0, 0.05) is 12.4 Å². The Morgan fingerprint density at radius 1 is 1.42 bits per heavy atom. The van der Waals surface area contributed by atoms with Crippen molar-refractivity contribution in [2.75, 3.05) is 5.73 Å². The van der Waals surface area contributed by atoms with E-state index in [9.17, 15) is 4.79 Å². The summed E-state index contributed by atoms with van der Waals surface area (Å²) < 4.78 is 5.14. The Bertz CT molecular complexity index is 720. The monoisotopic (exact) mass is 274 g/mol. The van der Waals surface area contributed by atoms with Gasteiger partial charge in [0.05, 0.1) is 18.5 Å². The van der Waals surface area contributed by atoms with Crippen LogP contribution in [-0.2, 0) is 6.54 Å². The molecule has 0 bridgehead atoms. The Kier molecular flexibility index (Phi) is 2.88. The molecule has 0 aromatic carbocycles. The van der Waals surface area contributed by atoms with Crippen molar-refractivity contribution in [3.05, 3.63) is 41.4 Å². The molecular formula is C12H10N4O2S. The summed E-state index contributed by atoms with van der Waals surface area (Å²) in [6.07, 6.45) is 4.68. The highest BCUT2D eigenvalue weighted by Gasteiger charge is 2.17. The smallest absolute Gasteiger partial charge is 0.264 e. The molecule has 19 heavy (non-hydrogen) atoms. The van der Waals surface area contributed by atoms with Crippen molar-refractivity contribution >= 4 is 33.3 Å². The fraction of sp³-hybridized carbons (Fsp3) is 0.0833. The number of nitrogens with zero attached hydrogens (tertiary/aromatic N) is 2. The highest BCUT2D eigenvalue weighted by molar-refractivity contribution is 7.21. The lowest BCUT2D eigenvalue weighted by Gasteiger charge is -2.01. The van der Waals surface area contributed by atoms with E-state index in [1.807, 2.05) is 0 Å². The van der Waals surface area contributed by atoms with Crippen LogP contribution in [0, 0.1) is 0 Å². The second-order valence-corrected chi connectivity index (χ2v) is 4.82. The van der Waals surface area contributed by atoms with Crippen LogP contribution in [0.15, 0.2) is 35.2 Å². The van der Waals surface area contributed by atoms with Gasteiger partial charge in [0.15, 0.2) is 0 Å². The molecule has 6 nitrogen and oxygen atoms in total. The van der Waals surface area contributed by atoms with Crippen LogP contribution in [0.25, 0.3) is 10.3 Å². The molecule has 0 aliphatic heterocycles. The molecule has 0 aliphatic rings. The molecule has 0 atom stereocenters. The number of nitrogens with two attached hydrogens (primary N) is 1. The van der Waals surface area contributed by atoms with Crippen LogP contribution in [0.4, 0.5) is 5.69 Å². The number of furan rings is 1. The molecule has 0 spiro atoms. The van der Waals surface area contributed by atoms with Gasteiger partial charge in [0.1, 0.15) is 21.0 Å². The predicted octanol–water partition coefficient (Wildman–Crippen LogP) is 1.80. The van der Waals surface area contributed by atoms with Crippen molar-refractivity contribution in [2.24, 2.45) is 0 Å². The van der Waals surface area contributed by atoms with Crippen LogP contribution in [0.3, 0.4) is 0 Å². The van der Waals surface area contributed by atoms with Crippen LogP contribution in [0.1, 0.15) is 15.4 Å². The van der Waals surface area contributed by atoms with E-state index in [-0.39, 0.29) is 5.91 Å². The topological polar surface area (TPSA) is 94.0 Å². The summed E-state index contributed by atoms with van der Waals surface area (Å²) in [7, 11) is 0. The first-order chi connectivity index (χ1) is 9.25. The molecule has 3 heterocycles. The Hall–Kier alpha value is -2.41. The van der Waals surface area contributed by atoms with Gasteiger partial charge in [-0.2, -0.15) is 0 Å². The quantitative estimate of drug-likeness (QED) is 0.759. The lowest BCUT2D eigenvalue weighted by Crippen LogP contribution is -2.22. The number of fused-ring (bicyclic) bond motifs is 1. The first-order valence-electron chi connectivity index (χ1n) is 5.55. The molecule has 7 heteroatoms. The van der Waals surface area contributed by atoms with E-state index in [0.717, 1.165) is 0 Å². The summed E-state index contributed by atoms with van der Waals surface area (Å²) in [6.45, 7) is 0.320. The van der Waals surface area contributed by atoms with Crippen molar-refractivity contribution in [3.63, 3.8) is 0 Å². The van der Waals surface area contributed by atoms with Crippen LogP contribution < -0.4 is 11.1 Å². The number of hydrogen-bond acceptors (Lipinski definition) is 6. The Morgan fingerprint density at radius 3 is 3.00 bits per heavy atom. The highest BCUT2D eigenvalue weighted by Crippen LogP contribution is 2.30. The minimum Gasteiger partial charge on any atom is -0.467 e. The van der Waals surface area contributed by atoms with Crippen molar-refractivity contribution in [3.8, 4) is 0 Å². The van der Waals surface area contributed by atoms with Crippen molar-refractivity contribution in [1.29, 1.82) is 0 Å². The Balaban J connectivity index is 1.83. The molecule has 3 aromatic rings. The van der Waals surface area contributed by atoms with Gasteiger partial charge in [-0.1, -0.05) is 0 Å². The zero-order chi connectivity index (χ0) is 13.2. The zero-order valence-electron chi connectivity index (χ0n) is 9.79. The Labute approximate surface area is 112 Å². The van der Waals surface area contributed by atoms with Gasteiger partial charge in [-0.15, -0.1) is 11.3 Å². The number of carbonyl (C=O) groups excluding carboxylic acids is 1. The fourth-order valence-corrected chi connectivity index (χ4v) is 2.61. The number of nitrogen functional groups attached to an aromatic ring is 1. The van der Waals surface area contributed by atoms with E-state index in [0.29, 0.717) is 33.2 Å². The van der Waals surface area contributed by atoms with Gasteiger partial charge < -0.3 is 15.5 Å². The number of thiophene rings is 1. The molecule has 3 aromatic heterocycles. The van der Waals surface area contributed by atoms with E-state index < -0.39 is 0 Å². The number of hydrogen-bond donors (Lipinski definition) is 2. The summed E-state index contributed by atoms with van der Waals surface area (Å²) in [6, 6.07) is 3.56. The maximum atomic E-state index is 12.1. The van der Waals surface area contributed by atoms with Crippen molar-refractivity contribution < 1.29 is 9.21 Å². The third-order valence-corrected chi connectivity index (χ3v) is 3.67. The third kappa shape index (κ3) is 2.15. The molecule has 3 N–H and O–H groups in total. The lowest BCUT2D eigenvalue weighted by molar-refractivity contribution is 0.0953. The summed E-state index contributed by atoms with van der Waals surface area (Å²) in [5.41, 5.74) is 6.84. The van der Waals surface area contributed by atoms with Gasteiger partial charge >= 0.3 is 0 Å². The van der Waals surface area contributed by atoms with Gasteiger partial charge in [0.25, 0.3) is 5.91 Å². The SMILES string of the molecule is Nc1c(C(=O)NCc2ccco2)sc2nccnc12. The summed E-state index contributed by atoms with van der Waals surface area (Å²) in [5.74, 6) is 0.433. The normalized spacial score (nSPS) is 10.7. The van der Waals surface area contributed by atoms with Gasteiger partial charge in [-0.3, -0.25) is 4.79 Å². The molecule has 0 unspecified atom stereocenters. The van der Waals surface area contributed by atoms with Gasteiger partial charge in [-0.05, 0) is 12.1 Å². The van der Waals surface area contributed by atoms with Crippen molar-refractivity contribution in [2.45, 2.75) is 6.54 Å². The minimum atomic E-state index is -0.251. The molecule has 3 rings (SSSR count). The number of nitrogens with one attached hydrogen (secondary N) is 1. The molecular weight excluding hydrogens is 264 g/mol. The second-order valence-electron chi connectivity index (χ2n) is 3.82. The van der Waals surface area contributed by atoms with Crippen LogP contribution in [0.5, 0.6) is 0 Å².